The van der Waals surface area contributed by atoms with Crippen LogP contribution in [0.3, 0.4) is 0 Å². The summed E-state index contributed by atoms with van der Waals surface area (Å²) >= 11 is 0. The van der Waals surface area contributed by atoms with Crippen molar-refractivity contribution in [3.8, 4) is 0 Å². The molecular weight excluding hydrogens is 746 g/mol. The highest BCUT2D eigenvalue weighted by Gasteiger charge is 2.33. The number of hydrogen-bond acceptors (Lipinski definition) is 11. The van der Waals surface area contributed by atoms with E-state index in [2.05, 4.69) is 20.8 Å². The Bertz CT molecular complexity index is 1260. The second kappa shape index (κ2) is 29.9. The van der Waals surface area contributed by atoms with E-state index in [0.717, 1.165) is 44.9 Å². The number of rotatable bonds is 32. The molecule has 2 rings (SSSR count). The molecule has 0 aromatic carbocycles. The van der Waals surface area contributed by atoms with Crippen LogP contribution in [-0.2, 0) is 47.9 Å². The molecule has 1 atom stereocenters. The van der Waals surface area contributed by atoms with Gasteiger partial charge < -0.3 is 45.4 Å². The van der Waals surface area contributed by atoms with Gasteiger partial charge in [-0.3, -0.25) is 24.0 Å². The van der Waals surface area contributed by atoms with Crippen molar-refractivity contribution in [1.82, 2.24) is 25.9 Å². The molecule has 0 aromatic rings. The lowest BCUT2D eigenvalue weighted by Crippen LogP contribution is -2.49. The number of ether oxygens (including phenoxy) is 2. The van der Waals surface area contributed by atoms with Gasteiger partial charge in [0.05, 0.1) is 19.8 Å². The van der Waals surface area contributed by atoms with Crippen molar-refractivity contribution in [3.05, 3.63) is 0 Å². The number of hydroxylamine groups is 2. The summed E-state index contributed by atoms with van der Waals surface area (Å²) in [6.07, 6.45) is 16.6. The Morgan fingerprint density at radius 1 is 0.684 bits per heavy atom. The molecule has 2 aliphatic heterocycles. The average Bonchev–Trinajstić information content (AvgIpc) is 3.49. The van der Waals surface area contributed by atoms with E-state index in [4.69, 9.17) is 14.6 Å². The predicted molar refractivity (Wildman–Crippen MR) is 205 cm³/mol. The maximum atomic E-state index is 12.8. The summed E-state index contributed by atoms with van der Waals surface area (Å²) in [6.45, 7) is 0.957. The van der Waals surface area contributed by atoms with Crippen molar-refractivity contribution in [2.24, 2.45) is 0 Å². The second-order valence-corrected chi connectivity index (χ2v) is 14.6. The van der Waals surface area contributed by atoms with Gasteiger partial charge >= 0.3 is 23.9 Å². The van der Waals surface area contributed by atoms with E-state index < -0.39 is 42.4 Å². The number of carbonyl (C=O) groups excluding carboxylic acids is 6. The fraction of sp³-hybridized carbons (Fsp3) is 0.795. The minimum Gasteiger partial charge on any atom is -0.481 e. The van der Waals surface area contributed by atoms with Gasteiger partial charge in [-0.1, -0.05) is 77.0 Å². The summed E-state index contributed by atoms with van der Waals surface area (Å²) < 4.78 is 10.5. The molecule has 0 saturated carbocycles. The van der Waals surface area contributed by atoms with Gasteiger partial charge in [-0.2, -0.15) is 0 Å². The minimum absolute atomic E-state index is 0.00289. The first kappa shape index (κ1) is 48.8. The van der Waals surface area contributed by atoms with Gasteiger partial charge in [0.25, 0.3) is 11.8 Å². The van der Waals surface area contributed by atoms with Gasteiger partial charge in [-0.15, -0.1) is 5.06 Å². The molecule has 0 aliphatic carbocycles. The maximum Gasteiger partial charge on any atom is 0.358 e. The molecule has 5 N–H and O–H groups in total. The smallest absolute Gasteiger partial charge is 0.358 e. The number of piperidine rings is 1. The Kier molecular flexibility index (Phi) is 25.6. The van der Waals surface area contributed by atoms with Crippen LogP contribution >= 0.6 is 0 Å². The Balaban J connectivity index is 1.43. The van der Waals surface area contributed by atoms with Crippen LogP contribution in [0, 0.1) is 0 Å². The van der Waals surface area contributed by atoms with Gasteiger partial charge in [-0.25, -0.2) is 14.4 Å². The maximum absolute atomic E-state index is 12.8. The molecule has 18 nitrogen and oxygen atoms in total. The lowest BCUT2D eigenvalue weighted by Gasteiger charge is -2.32. The van der Waals surface area contributed by atoms with Crippen molar-refractivity contribution < 1.29 is 62.9 Å². The summed E-state index contributed by atoms with van der Waals surface area (Å²) in [7, 11) is 0. The third kappa shape index (κ3) is 23.5. The Morgan fingerprint density at radius 2 is 1.21 bits per heavy atom. The normalized spacial score (nSPS) is 15.0. The second-order valence-electron chi connectivity index (χ2n) is 14.6. The number of nitrogens with one attached hydrogen (secondary N) is 3. The lowest BCUT2D eigenvalue weighted by atomic mass is 10.0. The average molecular weight is 812 g/mol. The van der Waals surface area contributed by atoms with E-state index in [0.29, 0.717) is 37.4 Å². The largest absolute Gasteiger partial charge is 0.481 e. The summed E-state index contributed by atoms with van der Waals surface area (Å²) in [4.78, 5) is 101. The predicted octanol–water partition coefficient (Wildman–Crippen LogP) is 3.59. The van der Waals surface area contributed by atoms with Gasteiger partial charge in [0.15, 0.2) is 0 Å². The molecule has 57 heavy (non-hydrogen) atoms. The SMILES string of the molecule is O=C(O)CCCCCCCCCCCCCCCCC(=O)N[C@@H](CCC(=O)N1CCC(NC(=O)NCCOCCOCC(=O)ON2C(=O)CCC2=O)CC1)C(=O)O. The van der Waals surface area contributed by atoms with Crippen LogP contribution in [0.15, 0.2) is 0 Å². The molecule has 2 heterocycles. The molecule has 6 amide bonds. The number of imide groups is 1. The summed E-state index contributed by atoms with van der Waals surface area (Å²) in [5.74, 6) is -4.43. The zero-order valence-corrected chi connectivity index (χ0v) is 33.4. The van der Waals surface area contributed by atoms with Crippen molar-refractivity contribution in [3.63, 3.8) is 0 Å². The first-order valence-electron chi connectivity index (χ1n) is 20.7. The van der Waals surface area contributed by atoms with E-state index in [1.807, 2.05) is 0 Å². The number of amides is 6. The zero-order chi connectivity index (χ0) is 41.7. The molecule has 324 valence electrons. The number of carbonyl (C=O) groups is 8. The zero-order valence-electron chi connectivity index (χ0n) is 33.4. The Morgan fingerprint density at radius 3 is 1.75 bits per heavy atom. The topological polar surface area (TPSA) is 247 Å². The summed E-state index contributed by atoms with van der Waals surface area (Å²) in [5, 5.41) is 26.8. The molecule has 0 aromatic heterocycles. The van der Waals surface area contributed by atoms with Crippen LogP contribution in [0.5, 0.6) is 0 Å². The van der Waals surface area contributed by atoms with Crippen molar-refractivity contribution in [2.45, 2.75) is 153 Å². The van der Waals surface area contributed by atoms with E-state index >= 15 is 0 Å². The van der Waals surface area contributed by atoms with Gasteiger partial charge in [0, 0.05) is 57.8 Å². The van der Waals surface area contributed by atoms with Crippen LogP contribution in [0.25, 0.3) is 0 Å². The Hall–Kier alpha value is -4.32. The molecule has 0 unspecified atom stereocenters. The van der Waals surface area contributed by atoms with Crippen LogP contribution in [-0.4, -0.2) is 126 Å². The van der Waals surface area contributed by atoms with Crippen molar-refractivity contribution >= 4 is 47.6 Å². The molecule has 0 radical (unpaired) electrons. The van der Waals surface area contributed by atoms with E-state index in [1.165, 1.54) is 38.5 Å². The number of aliphatic carboxylic acids is 2. The van der Waals surface area contributed by atoms with Crippen LogP contribution in [0.1, 0.15) is 141 Å². The lowest BCUT2D eigenvalue weighted by molar-refractivity contribution is -0.200. The van der Waals surface area contributed by atoms with Gasteiger partial charge in [0.1, 0.15) is 12.6 Å². The van der Waals surface area contributed by atoms with Gasteiger partial charge in [0.2, 0.25) is 11.8 Å². The van der Waals surface area contributed by atoms with Crippen molar-refractivity contribution in [1.29, 1.82) is 0 Å². The number of nitrogens with zero attached hydrogens (tertiary/aromatic N) is 2. The van der Waals surface area contributed by atoms with Crippen molar-refractivity contribution in [2.75, 3.05) is 46.1 Å². The number of carboxylic acid groups (broad SMARTS) is 2. The highest BCUT2D eigenvalue weighted by Crippen LogP contribution is 2.16. The van der Waals surface area contributed by atoms with E-state index in [-0.39, 0.29) is 88.8 Å². The molecule has 2 saturated heterocycles. The molecule has 2 fully saturated rings. The van der Waals surface area contributed by atoms with Gasteiger partial charge in [-0.05, 0) is 32.1 Å². The number of hydrogen-bond donors (Lipinski definition) is 5. The number of unbranched alkanes of at least 4 members (excludes halogenated alkanes) is 13. The molecular formula is C39H65N5O13. The van der Waals surface area contributed by atoms with Crippen LogP contribution in [0.4, 0.5) is 4.79 Å². The summed E-state index contributed by atoms with van der Waals surface area (Å²) in [6, 6.07) is -1.66. The Labute approximate surface area is 335 Å². The summed E-state index contributed by atoms with van der Waals surface area (Å²) in [5.41, 5.74) is 0. The number of urea groups is 1. The van der Waals surface area contributed by atoms with E-state index in [9.17, 15) is 43.5 Å². The highest BCUT2D eigenvalue weighted by molar-refractivity contribution is 6.01. The monoisotopic (exact) mass is 811 g/mol. The fourth-order valence-corrected chi connectivity index (χ4v) is 6.54. The quantitative estimate of drug-likeness (QED) is 0.0482. The third-order valence-electron chi connectivity index (χ3n) is 9.83. The third-order valence-corrected chi connectivity index (χ3v) is 9.83. The minimum atomic E-state index is -1.17. The fourth-order valence-electron chi connectivity index (χ4n) is 6.54. The highest BCUT2D eigenvalue weighted by atomic mass is 16.7. The molecule has 2 aliphatic rings. The number of likely N-dealkylation sites (tertiary alicyclic amines) is 1. The first-order chi connectivity index (χ1) is 27.5. The molecule has 18 heteroatoms. The van der Waals surface area contributed by atoms with Crippen LogP contribution < -0.4 is 16.0 Å². The number of carboxylic acids is 2. The van der Waals surface area contributed by atoms with E-state index in [1.54, 1.807) is 4.90 Å². The standard InChI is InChI=1S/C39H65N5O13/c45-32(15-13-11-9-7-5-3-1-2-4-6-8-10-12-14-16-36(49)50)42-31(38(52)53)17-18-33(46)43-24-21-30(22-25-43)41-39(54)40-23-26-55-27-28-56-29-37(51)57-44-34(47)19-20-35(44)48/h30-31H,1-29H2,(H,42,45)(H,49,50)(H,52,53)(H2,40,41,54)/t31-/m0/s1. The first-order valence-corrected chi connectivity index (χ1v) is 20.7. The van der Waals surface area contributed by atoms with Crippen LogP contribution in [0.2, 0.25) is 0 Å². The molecule has 0 bridgehead atoms. The molecule has 0 spiro atoms.